The summed E-state index contributed by atoms with van der Waals surface area (Å²) in [6, 6.07) is 10.1. The number of amides is 1. The maximum absolute atomic E-state index is 11.9. The van der Waals surface area contributed by atoms with Gasteiger partial charge in [0.15, 0.2) is 0 Å². The lowest BCUT2D eigenvalue weighted by molar-refractivity contribution is -0.122. The van der Waals surface area contributed by atoms with E-state index in [2.05, 4.69) is 40.0 Å². The number of nitrogens with one attached hydrogen (secondary N) is 2. The Bertz CT molecular complexity index is 582. The van der Waals surface area contributed by atoms with Gasteiger partial charge in [-0.15, -0.1) is 24.2 Å². The van der Waals surface area contributed by atoms with Gasteiger partial charge in [-0.05, 0) is 17.2 Å². The van der Waals surface area contributed by atoms with E-state index >= 15 is 0 Å². The van der Waals surface area contributed by atoms with E-state index in [-0.39, 0.29) is 24.4 Å². The molecular weight excluding hydrogens is 320 g/mol. The number of thioether (sulfide) groups is 1. The van der Waals surface area contributed by atoms with Crippen LogP contribution in [0.3, 0.4) is 0 Å². The van der Waals surface area contributed by atoms with Crippen molar-refractivity contribution in [2.45, 2.75) is 19.1 Å². The summed E-state index contributed by atoms with van der Waals surface area (Å²) in [6.07, 6.45) is 3.72. The van der Waals surface area contributed by atoms with Gasteiger partial charge < -0.3 is 5.32 Å². The third-order valence-electron chi connectivity index (χ3n) is 3.43. The normalized spacial score (nSPS) is 17.0. The fourth-order valence-electron chi connectivity index (χ4n) is 2.22. The highest BCUT2D eigenvalue weighted by Crippen LogP contribution is 2.10. The zero-order valence-electron chi connectivity index (χ0n) is 12.1. The molecule has 118 valence electrons. The summed E-state index contributed by atoms with van der Waals surface area (Å²) in [7, 11) is 0. The number of aromatic nitrogens is 2. The van der Waals surface area contributed by atoms with E-state index in [0.717, 1.165) is 23.7 Å². The van der Waals surface area contributed by atoms with Crippen LogP contribution in [-0.2, 0) is 17.9 Å². The molecule has 0 aliphatic carbocycles. The number of carbonyl (C=O) groups excluding carboxylic acids is 1. The molecule has 2 aromatic rings. The average molecular weight is 339 g/mol. The van der Waals surface area contributed by atoms with E-state index in [1.807, 2.05) is 16.9 Å². The first kappa shape index (κ1) is 16.9. The van der Waals surface area contributed by atoms with Gasteiger partial charge in [0.1, 0.15) is 0 Å². The van der Waals surface area contributed by atoms with Crippen molar-refractivity contribution in [3.8, 4) is 0 Å². The summed E-state index contributed by atoms with van der Waals surface area (Å²) >= 11 is 1.76. The van der Waals surface area contributed by atoms with Crippen LogP contribution in [0.25, 0.3) is 0 Å². The molecule has 5 nitrogen and oxygen atoms in total. The smallest absolute Gasteiger partial charge is 0.238 e. The largest absolute Gasteiger partial charge is 0.351 e. The van der Waals surface area contributed by atoms with Crippen molar-refractivity contribution >= 4 is 30.1 Å². The zero-order chi connectivity index (χ0) is 14.5. The Kier molecular flexibility index (Phi) is 6.30. The zero-order valence-corrected chi connectivity index (χ0v) is 13.7. The maximum Gasteiger partial charge on any atom is 0.238 e. The van der Waals surface area contributed by atoms with Crippen molar-refractivity contribution in [1.82, 2.24) is 20.4 Å². The van der Waals surface area contributed by atoms with Crippen molar-refractivity contribution in [2.24, 2.45) is 0 Å². The minimum Gasteiger partial charge on any atom is -0.351 e. The number of hydrogen-bond donors (Lipinski definition) is 2. The van der Waals surface area contributed by atoms with E-state index < -0.39 is 0 Å². The number of hydrogen-bond acceptors (Lipinski definition) is 4. The Morgan fingerprint density at radius 3 is 2.77 bits per heavy atom. The highest BCUT2D eigenvalue weighted by atomic mass is 35.5. The van der Waals surface area contributed by atoms with Crippen molar-refractivity contribution in [1.29, 1.82) is 0 Å². The second-order valence-electron chi connectivity index (χ2n) is 5.01. The first-order valence-corrected chi connectivity index (χ1v) is 8.11. The lowest BCUT2D eigenvalue weighted by Crippen LogP contribution is -2.41. The topological polar surface area (TPSA) is 59.0 Å². The maximum atomic E-state index is 11.9. The molecule has 1 aromatic heterocycles. The van der Waals surface area contributed by atoms with Gasteiger partial charge in [-0.25, -0.2) is 0 Å². The molecule has 1 aliphatic rings. The third kappa shape index (κ3) is 4.50. The molecule has 7 heteroatoms. The number of rotatable bonds is 5. The number of nitrogens with zero attached hydrogens (tertiary/aromatic N) is 2. The number of carbonyl (C=O) groups is 1. The summed E-state index contributed by atoms with van der Waals surface area (Å²) < 4.78 is 1.89. The van der Waals surface area contributed by atoms with Crippen LogP contribution >= 0.6 is 24.2 Å². The molecule has 1 aromatic carbocycles. The number of halogens is 1. The van der Waals surface area contributed by atoms with Crippen molar-refractivity contribution in [3.63, 3.8) is 0 Å². The number of benzene rings is 1. The summed E-state index contributed by atoms with van der Waals surface area (Å²) in [6.45, 7) is 1.34. The van der Waals surface area contributed by atoms with E-state index in [1.165, 1.54) is 5.56 Å². The van der Waals surface area contributed by atoms with Gasteiger partial charge >= 0.3 is 0 Å². The van der Waals surface area contributed by atoms with Gasteiger partial charge in [0.05, 0.1) is 12.6 Å². The van der Waals surface area contributed by atoms with Crippen LogP contribution < -0.4 is 10.6 Å². The van der Waals surface area contributed by atoms with Crippen LogP contribution in [0.2, 0.25) is 0 Å². The van der Waals surface area contributed by atoms with Crippen LogP contribution in [0, 0.1) is 0 Å². The molecule has 1 aliphatic heterocycles. The Morgan fingerprint density at radius 1 is 1.36 bits per heavy atom. The average Bonchev–Trinajstić information content (AvgIpc) is 3.19. The Morgan fingerprint density at radius 2 is 2.14 bits per heavy atom. The molecule has 0 saturated carbocycles. The minimum absolute atomic E-state index is 0. The molecule has 0 bridgehead atoms. The molecular formula is C15H19ClN4OS. The predicted molar refractivity (Wildman–Crippen MR) is 91.1 cm³/mol. The van der Waals surface area contributed by atoms with Crippen LogP contribution in [0.5, 0.6) is 0 Å². The molecule has 1 atom stereocenters. The standard InChI is InChI=1S/C15H18N4OS.ClH/c20-15(14-10-21-11-17-14)16-8-12-2-4-13(5-3-12)9-19-7-1-6-18-19;/h1-7,14,17H,8-11H2,(H,16,20);1H. The van der Waals surface area contributed by atoms with Crippen LogP contribution in [0.15, 0.2) is 42.7 Å². The highest BCUT2D eigenvalue weighted by Gasteiger charge is 2.21. The highest BCUT2D eigenvalue weighted by molar-refractivity contribution is 7.99. The molecule has 0 spiro atoms. The summed E-state index contributed by atoms with van der Waals surface area (Å²) in [4.78, 5) is 11.9. The second-order valence-corrected chi connectivity index (χ2v) is 6.04. The molecule has 22 heavy (non-hydrogen) atoms. The molecule has 1 saturated heterocycles. The van der Waals surface area contributed by atoms with Gasteiger partial charge in [-0.2, -0.15) is 5.10 Å². The fraction of sp³-hybridized carbons (Fsp3) is 0.333. The van der Waals surface area contributed by atoms with Crippen LogP contribution in [0.4, 0.5) is 0 Å². The Labute approximate surface area is 140 Å². The van der Waals surface area contributed by atoms with Crippen molar-refractivity contribution in [3.05, 3.63) is 53.9 Å². The lowest BCUT2D eigenvalue weighted by atomic mass is 10.1. The Hall–Kier alpha value is -1.50. The van der Waals surface area contributed by atoms with E-state index in [1.54, 1.807) is 18.0 Å². The third-order valence-corrected chi connectivity index (χ3v) is 4.37. The molecule has 1 unspecified atom stereocenters. The van der Waals surface area contributed by atoms with Crippen LogP contribution in [-0.4, -0.2) is 33.4 Å². The summed E-state index contributed by atoms with van der Waals surface area (Å²) in [5.74, 6) is 1.80. The molecule has 1 fully saturated rings. The first-order chi connectivity index (χ1) is 10.3. The quantitative estimate of drug-likeness (QED) is 0.870. The van der Waals surface area contributed by atoms with Crippen LogP contribution in [0.1, 0.15) is 11.1 Å². The first-order valence-electron chi connectivity index (χ1n) is 6.95. The molecule has 2 heterocycles. The summed E-state index contributed by atoms with van der Waals surface area (Å²) in [5.41, 5.74) is 2.31. The van der Waals surface area contributed by atoms with E-state index in [9.17, 15) is 4.79 Å². The SMILES string of the molecule is Cl.O=C(NCc1ccc(Cn2cccn2)cc1)C1CSCN1. The lowest BCUT2D eigenvalue weighted by Gasteiger charge is -2.11. The van der Waals surface area contributed by atoms with E-state index in [0.29, 0.717) is 6.54 Å². The second kappa shape index (κ2) is 8.22. The van der Waals surface area contributed by atoms with Crippen molar-refractivity contribution < 1.29 is 4.79 Å². The predicted octanol–water partition coefficient (Wildman–Crippen LogP) is 1.63. The summed E-state index contributed by atoms with van der Waals surface area (Å²) in [5, 5.41) is 10.3. The molecule has 1 amide bonds. The molecule has 0 radical (unpaired) electrons. The van der Waals surface area contributed by atoms with Gasteiger partial charge in [-0.1, -0.05) is 24.3 Å². The van der Waals surface area contributed by atoms with Gasteiger partial charge in [0.2, 0.25) is 5.91 Å². The minimum atomic E-state index is -0.0471. The molecule has 2 N–H and O–H groups in total. The monoisotopic (exact) mass is 338 g/mol. The fourth-order valence-corrected chi connectivity index (χ4v) is 3.16. The Balaban J connectivity index is 0.00000176. The van der Waals surface area contributed by atoms with Gasteiger partial charge in [0, 0.05) is 30.6 Å². The van der Waals surface area contributed by atoms with Gasteiger partial charge in [0.25, 0.3) is 0 Å². The molecule has 3 rings (SSSR count). The van der Waals surface area contributed by atoms with Gasteiger partial charge in [-0.3, -0.25) is 14.8 Å². The van der Waals surface area contributed by atoms with E-state index in [4.69, 9.17) is 0 Å². The van der Waals surface area contributed by atoms with Crippen molar-refractivity contribution in [2.75, 3.05) is 11.6 Å².